The van der Waals surface area contributed by atoms with Crippen molar-refractivity contribution in [2.45, 2.75) is 27.2 Å². The molecule has 12 nitrogen and oxygen atoms in total. The summed E-state index contributed by atoms with van der Waals surface area (Å²) in [6, 6.07) is 47.1. The monoisotopic (exact) mass is 904 g/mol. The molecule has 3 aliphatic heterocycles. The zero-order chi connectivity index (χ0) is 46.4. The maximum atomic E-state index is 5.79. The second-order valence-corrected chi connectivity index (χ2v) is 17.0. The highest BCUT2D eigenvalue weighted by atomic mass is 16.6. The van der Waals surface area contributed by atoms with Gasteiger partial charge in [0.2, 0.25) is 5.89 Å². The normalized spacial score (nSPS) is 13.4. The number of nitrogens with zero attached hydrogens (tertiary/aromatic N) is 4. The minimum absolute atomic E-state index is 0.573. The minimum Gasteiger partial charge on any atom is -0.490 e. The molecule has 6 heterocycles. The third-order valence-corrected chi connectivity index (χ3v) is 11.8. The number of fused-ring (bicyclic) bond motifs is 3. The molecule has 12 heteroatoms. The molecule has 0 bridgehead atoms. The van der Waals surface area contributed by atoms with Gasteiger partial charge in [-0.15, -0.1) is 0 Å². The van der Waals surface area contributed by atoms with Gasteiger partial charge >= 0.3 is 0 Å². The van der Waals surface area contributed by atoms with Crippen LogP contribution < -0.4 is 28.6 Å². The first kappa shape index (κ1) is 43.6. The van der Waals surface area contributed by atoms with E-state index in [0.717, 1.165) is 116 Å². The summed E-state index contributed by atoms with van der Waals surface area (Å²) in [5.74, 6) is 4.69. The fraction of sp³-hybridized carbons (Fsp3) is 0.196. The summed E-state index contributed by atoms with van der Waals surface area (Å²) in [5.41, 5.74) is 15.7. The smallest absolute Gasteiger partial charge is 0.226 e. The van der Waals surface area contributed by atoms with Gasteiger partial charge in [0.05, 0.1) is 48.2 Å². The average Bonchev–Trinajstić information content (AvgIpc) is 4.15. The zero-order valence-corrected chi connectivity index (χ0v) is 38.5. The summed E-state index contributed by atoms with van der Waals surface area (Å²) < 4.78 is 34.0. The van der Waals surface area contributed by atoms with Crippen molar-refractivity contribution in [1.29, 1.82) is 0 Å². The van der Waals surface area contributed by atoms with Gasteiger partial charge < -0.3 is 33.0 Å². The Hall–Kier alpha value is -8.25. The molecule has 3 aromatic heterocycles. The molecule has 3 aliphatic rings. The van der Waals surface area contributed by atoms with Crippen molar-refractivity contribution in [3.8, 4) is 96.5 Å². The van der Waals surface area contributed by atoms with E-state index in [2.05, 4.69) is 130 Å². The zero-order valence-electron chi connectivity index (χ0n) is 38.5. The molecule has 2 N–H and O–H groups in total. The van der Waals surface area contributed by atoms with Crippen LogP contribution in [0.4, 0.5) is 5.69 Å². The quantitative estimate of drug-likeness (QED) is 0.166. The molecule has 0 saturated heterocycles. The lowest BCUT2D eigenvalue weighted by atomic mass is 10.1. The van der Waals surface area contributed by atoms with Gasteiger partial charge in [0.1, 0.15) is 37.5 Å². The number of benzene rings is 6. The summed E-state index contributed by atoms with van der Waals surface area (Å²) in [4.78, 5) is 6.79. The van der Waals surface area contributed by atoms with Gasteiger partial charge in [-0.25, -0.2) is 4.98 Å². The number of aromatic amines is 2. The lowest BCUT2D eigenvalue weighted by Crippen LogP contribution is -2.28. The van der Waals surface area contributed by atoms with Crippen LogP contribution in [0, 0.1) is 20.8 Å². The highest BCUT2D eigenvalue weighted by Crippen LogP contribution is 2.38. The van der Waals surface area contributed by atoms with Crippen molar-refractivity contribution >= 4 is 5.69 Å². The predicted octanol–water partition coefficient (Wildman–Crippen LogP) is 12.2. The molecule has 68 heavy (non-hydrogen) atoms. The molecule has 0 spiro atoms. The Bertz CT molecular complexity index is 3190. The first-order chi connectivity index (χ1) is 33.3. The lowest BCUT2D eigenvalue weighted by molar-refractivity contribution is 0.171. The van der Waals surface area contributed by atoms with Gasteiger partial charge in [-0.05, 0) is 106 Å². The number of ether oxygens (including phenoxy) is 5. The van der Waals surface area contributed by atoms with Crippen LogP contribution in [0.25, 0.3) is 67.7 Å². The van der Waals surface area contributed by atoms with Crippen molar-refractivity contribution < 1.29 is 28.1 Å². The largest absolute Gasteiger partial charge is 0.490 e. The Morgan fingerprint density at radius 1 is 0.441 bits per heavy atom. The fourth-order valence-corrected chi connectivity index (χ4v) is 8.22. The van der Waals surface area contributed by atoms with Crippen molar-refractivity contribution in [3.63, 3.8) is 0 Å². The molecular formula is C56H52N6O6. The van der Waals surface area contributed by atoms with E-state index in [-0.39, 0.29) is 0 Å². The van der Waals surface area contributed by atoms with Crippen molar-refractivity contribution in [2.24, 2.45) is 0 Å². The number of anilines is 1. The number of likely N-dealkylation sites (N-methyl/N-ethyl adjacent to an activating group) is 1. The molecule has 0 aliphatic carbocycles. The van der Waals surface area contributed by atoms with E-state index in [4.69, 9.17) is 28.1 Å². The molecule has 0 unspecified atom stereocenters. The summed E-state index contributed by atoms with van der Waals surface area (Å²) in [6.45, 7) is 10.4. The minimum atomic E-state index is 0.573. The maximum absolute atomic E-state index is 5.79. The molecule has 0 saturated carbocycles. The standard InChI is InChI=1S/C19H19N3O.C19H18N2O2.C18H15NO3/c1-13-4-3-5-14(10-13)16-12-17(21-20-16)15-6-7-18-19(11-15)23-9-8-22(18)2;1-13-4-2-5-14(10-13)16-12-17(21-20-16)15-6-7-18-19(11-15)23-9-3-8-22-18;1-12-3-2-4-14(9-12)18-19-15(11-22-18)13-5-6-16-17(10-13)21-8-7-20-16/h3-7,10-12H,8-9H2,1-2H3,(H,20,21);2,4-7,10-12H,3,8-9H2,1H3,(H,20,21);2-6,9-11H,7-8H2,1H3. The van der Waals surface area contributed by atoms with Crippen LogP contribution in [0.5, 0.6) is 28.7 Å². The number of oxazole rings is 1. The Balaban J connectivity index is 0.000000119. The number of hydrogen-bond acceptors (Lipinski definition) is 10. The van der Waals surface area contributed by atoms with Crippen LogP contribution in [-0.2, 0) is 0 Å². The number of rotatable bonds is 6. The van der Waals surface area contributed by atoms with Gasteiger partial charge in [0.25, 0.3) is 0 Å². The molecular weight excluding hydrogens is 853 g/mol. The Morgan fingerprint density at radius 2 is 0.926 bits per heavy atom. The highest BCUT2D eigenvalue weighted by Gasteiger charge is 2.18. The average molecular weight is 905 g/mol. The third kappa shape index (κ3) is 9.95. The Morgan fingerprint density at radius 3 is 1.56 bits per heavy atom. The van der Waals surface area contributed by atoms with E-state index in [1.54, 1.807) is 6.26 Å². The van der Waals surface area contributed by atoms with Gasteiger partial charge in [0, 0.05) is 46.8 Å². The first-order valence-corrected chi connectivity index (χ1v) is 22.9. The van der Waals surface area contributed by atoms with Crippen LogP contribution in [0.2, 0.25) is 0 Å². The van der Waals surface area contributed by atoms with Crippen LogP contribution in [-0.4, -0.2) is 72.0 Å². The highest BCUT2D eigenvalue weighted by molar-refractivity contribution is 5.74. The number of hydrogen-bond donors (Lipinski definition) is 2. The number of H-pyrrole nitrogens is 2. The topological polar surface area (TPSA) is 133 Å². The van der Waals surface area contributed by atoms with E-state index in [1.807, 2.05) is 67.6 Å². The van der Waals surface area contributed by atoms with Crippen LogP contribution in [0.1, 0.15) is 23.1 Å². The Kier molecular flexibility index (Phi) is 12.6. The van der Waals surface area contributed by atoms with Crippen LogP contribution >= 0.6 is 0 Å². The first-order valence-electron chi connectivity index (χ1n) is 22.9. The predicted molar refractivity (Wildman–Crippen MR) is 266 cm³/mol. The van der Waals surface area contributed by atoms with Crippen molar-refractivity contribution in [3.05, 3.63) is 162 Å². The molecule has 342 valence electrons. The maximum Gasteiger partial charge on any atom is 0.226 e. The van der Waals surface area contributed by atoms with E-state index in [9.17, 15) is 0 Å². The number of aromatic nitrogens is 5. The molecule has 0 amide bonds. The third-order valence-electron chi connectivity index (χ3n) is 11.8. The number of aryl methyl sites for hydroxylation is 3. The summed E-state index contributed by atoms with van der Waals surface area (Å²) in [6.07, 6.45) is 2.58. The summed E-state index contributed by atoms with van der Waals surface area (Å²) in [5, 5.41) is 15.1. The second kappa shape index (κ2) is 19.7. The van der Waals surface area contributed by atoms with Gasteiger partial charge in [0.15, 0.2) is 23.0 Å². The van der Waals surface area contributed by atoms with Gasteiger partial charge in [-0.2, -0.15) is 10.2 Å². The molecule has 0 radical (unpaired) electrons. The van der Waals surface area contributed by atoms with Crippen LogP contribution in [0.15, 0.2) is 150 Å². The van der Waals surface area contributed by atoms with Gasteiger partial charge in [-0.1, -0.05) is 71.3 Å². The van der Waals surface area contributed by atoms with Crippen molar-refractivity contribution in [1.82, 2.24) is 25.4 Å². The molecule has 6 aromatic carbocycles. The van der Waals surface area contributed by atoms with E-state index >= 15 is 0 Å². The molecule has 0 atom stereocenters. The Labute approximate surface area is 395 Å². The summed E-state index contributed by atoms with van der Waals surface area (Å²) >= 11 is 0. The summed E-state index contributed by atoms with van der Waals surface area (Å²) in [7, 11) is 2.09. The van der Waals surface area contributed by atoms with Gasteiger partial charge in [-0.3, -0.25) is 10.2 Å². The van der Waals surface area contributed by atoms with E-state index < -0.39 is 0 Å². The lowest BCUT2D eigenvalue weighted by Gasteiger charge is -2.27. The van der Waals surface area contributed by atoms with E-state index in [0.29, 0.717) is 32.3 Å². The SMILES string of the molecule is Cc1cccc(-c2cc(-c3ccc4c(c3)OCCCO4)[nH]n2)c1.Cc1cccc(-c2cc(-c3ccc4c(c3)OCCN4C)[nH]n2)c1.Cc1cccc(-c2nc(-c3ccc4c(c3)OCCO4)co2)c1. The molecule has 0 fully saturated rings. The van der Waals surface area contributed by atoms with Crippen LogP contribution in [0.3, 0.4) is 0 Å². The molecule has 12 rings (SSSR count). The molecule has 9 aromatic rings. The second-order valence-electron chi connectivity index (χ2n) is 17.0. The van der Waals surface area contributed by atoms with E-state index in [1.165, 1.54) is 16.7 Å². The number of nitrogens with one attached hydrogen (secondary N) is 2. The van der Waals surface area contributed by atoms with Crippen molar-refractivity contribution in [2.75, 3.05) is 51.5 Å². The fourth-order valence-electron chi connectivity index (χ4n) is 8.22.